The van der Waals surface area contributed by atoms with Crippen LogP contribution in [0.5, 0.6) is 5.75 Å². The molecule has 1 aliphatic rings. The van der Waals surface area contributed by atoms with Crippen LogP contribution in [0.15, 0.2) is 18.2 Å². The fourth-order valence-corrected chi connectivity index (χ4v) is 2.00. The van der Waals surface area contributed by atoms with E-state index in [0.29, 0.717) is 18.2 Å². The smallest absolute Gasteiger partial charge is 0.123 e. The van der Waals surface area contributed by atoms with Crippen molar-refractivity contribution in [2.45, 2.75) is 31.5 Å². The summed E-state index contributed by atoms with van der Waals surface area (Å²) in [5, 5.41) is 21.4. The molecular weight excluding hydrogens is 216 g/mol. The molecule has 0 aliphatic heterocycles. The highest BCUT2D eigenvalue weighted by atomic mass is 16.5. The third kappa shape index (κ3) is 2.76. The van der Waals surface area contributed by atoms with Crippen molar-refractivity contribution >= 4 is 0 Å². The molecule has 0 aromatic heterocycles. The third-order valence-corrected chi connectivity index (χ3v) is 3.10. The molecule has 0 saturated heterocycles. The van der Waals surface area contributed by atoms with Gasteiger partial charge in [-0.3, -0.25) is 0 Å². The van der Waals surface area contributed by atoms with Crippen molar-refractivity contribution in [3.63, 3.8) is 0 Å². The van der Waals surface area contributed by atoms with E-state index < -0.39 is 0 Å². The maximum Gasteiger partial charge on any atom is 0.123 e. The second kappa shape index (κ2) is 5.17. The number of nitrogens with zero attached hydrogens (tertiary/aromatic N) is 1. The van der Waals surface area contributed by atoms with Crippen LogP contribution in [-0.2, 0) is 6.54 Å². The summed E-state index contributed by atoms with van der Waals surface area (Å²) in [5.74, 6) is 0.788. The Morgan fingerprint density at radius 2 is 2.29 bits per heavy atom. The minimum Gasteiger partial charge on any atom is -0.496 e. The highest BCUT2D eigenvalue weighted by Crippen LogP contribution is 2.23. The average Bonchev–Trinajstić information content (AvgIpc) is 2.32. The molecule has 1 aliphatic carbocycles. The van der Waals surface area contributed by atoms with Gasteiger partial charge in [0.15, 0.2) is 0 Å². The Morgan fingerprint density at radius 1 is 1.53 bits per heavy atom. The highest BCUT2D eigenvalue weighted by molar-refractivity contribution is 5.42. The van der Waals surface area contributed by atoms with E-state index in [1.165, 1.54) is 0 Å². The first-order chi connectivity index (χ1) is 8.22. The second-order valence-corrected chi connectivity index (χ2v) is 4.34. The zero-order chi connectivity index (χ0) is 12.3. The zero-order valence-corrected chi connectivity index (χ0v) is 9.81. The maximum absolute atomic E-state index is 9.19. The van der Waals surface area contributed by atoms with Gasteiger partial charge < -0.3 is 15.2 Å². The number of methoxy groups -OCH3 is 1. The lowest BCUT2D eigenvalue weighted by Crippen LogP contribution is -2.43. The SMILES string of the molecule is COc1ccc(C#N)cc1CNC1CC(O)C1. The largest absolute Gasteiger partial charge is 0.496 e. The van der Waals surface area contributed by atoms with E-state index in [2.05, 4.69) is 11.4 Å². The minimum atomic E-state index is -0.153. The number of nitrogens with one attached hydrogen (secondary N) is 1. The fourth-order valence-electron chi connectivity index (χ4n) is 2.00. The van der Waals surface area contributed by atoms with Gasteiger partial charge in [0.25, 0.3) is 0 Å². The van der Waals surface area contributed by atoms with Gasteiger partial charge in [-0.05, 0) is 31.0 Å². The number of hydrogen-bond acceptors (Lipinski definition) is 4. The molecule has 2 N–H and O–H groups in total. The molecule has 1 saturated carbocycles. The second-order valence-electron chi connectivity index (χ2n) is 4.34. The molecule has 0 amide bonds. The van der Waals surface area contributed by atoms with Crippen molar-refractivity contribution in [3.8, 4) is 11.8 Å². The molecule has 1 aromatic carbocycles. The predicted octanol–water partition coefficient (Wildman–Crippen LogP) is 1.18. The van der Waals surface area contributed by atoms with Crippen LogP contribution in [0.1, 0.15) is 24.0 Å². The molecule has 1 aromatic rings. The molecule has 0 radical (unpaired) electrons. The summed E-state index contributed by atoms with van der Waals surface area (Å²) >= 11 is 0. The maximum atomic E-state index is 9.19. The number of hydrogen-bond donors (Lipinski definition) is 2. The molecule has 17 heavy (non-hydrogen) atoms. The lowest BCUT2D eigenvalue weighted by molar-refractivity contribution is 0.0618. The van der Waals surface area contributed by atoms with Crippen LogP contribution in [0.25, 0.3) is 0 Å². The van der Waals surface area contributed by atoms with Gasteiger partial charge >= 0.3 is 0 Å². The van der Waals surface area contributed by atoms with Crippen LogP contribution in [0.4, 0.5) is 0 Å². The Hall–Kier alpha value is -1.57. The average molecular weight is 232 g/mol. The summed E-state index contributed by atoms with van der Waals surface area (Å²) in [6.07, 6.45) is 1.46. The zero-order valence-electron chi connectivity index (χ0n) is 9.81. The lowest BCUT2D eigenvalue weighted by atomic mass is 9.89. The number of benzene rings is 1. The molecule has 0 atom stereocenters. The van der Waals surface area contributed by atoms with Crippen LogP contribution < -0.4 is 10.1 Å². The molecule has 4 heteroatoms. The number of aliphatic hydroxyl groups excluding tert-OH is 1. The summed E-state index contributed by atoms with van der Waals surface area (Å²) in [6, 6.07) is 7.88. The first-order valence-corrected chi connectivity index (χ1v) is 5.71. The molecule has 4 nitrogen and oxygen atoms in total. The quantitative estimate of drug-likeness (QED) is 0.818. The minimum absolute atomic E-state index is 0.153. The van der Waals surface area contributed by atoms with Gasteiger partial charge in [0.1, 0.15) is 5.75 Å². The summed E-state index contributed by atoms with van der Waals surface area (Å²) < 4.78 is 5.25. The van der Waals surface area contributed by atoms with Crippen molar-refractivity contribution in [3.05, 3.63) is 29.3 Å². The van der Waals surface area contributed by atoms with E-state index in [-0.39, 0.29) is 6.10 Å². The van der Waals surface area contributed by atoms with E-state index in [1.54, 1.807) is 13.2 Å². The Bertz CT molecular complexity index is 434. The fraction of sp³-hybridized carbons (Fsp3) is 0.462. The summed E-state index contributed by atoms with van der Waals surface area (Å²) in [6.45, 7) is 0.663. The van der Waals surface area contributed by atoms with Gasteiger partial charge in [0.2, 0.25) is 0 Å². The molecule has 0 bridgehead atoms. The number of nitriles is 1. The van der Waals surface area contributed by atoms with Crippen molar-refractivity contribution < 1.29 is 9.84 Å². The lowest BCUT2D eigenvalue weighted by Gasteiger charge is -2.32. The first kappa shape index (κ1) is 11.9. The Morgan fingerprint density at radius 3 is 2.88 bits per heavy atom. The van der Waals surface area contributed by atoms with Crippen LogP contribution in [0, 0.1) is 11.3 Å². The van der Waals surface area contributed by atoms with E-state index in [4.69, 9.17) is 10.00 Å². The molecule has 0 spiro atoms. The summed E-state index contributed by atoms with van der Waals surface area (Å²) in [5.41, 5.74) is 1.61. The van der Waals surface area contributed by atoms with Gasteiger partial charge in [-0.2, -0.15) is 5.26 Å². The van der Waals surface area contributed by atoms with Crippen LogP contribution in [0.2, 0.25) is 0 Å². The summed E-state index contributed by atoms with van der Waals surface area (Å²) in [7, 11) is 1.62. The molecule has 1 fully saturated rings. The number of aliphatic hydroxyl groups is 1. The van der Waals surface area contributed by atoms with Crippen LogP contribution in [0.3, 0.4) is 0 Å². The first-order valence-electron chi connectivity index (χ1n) is 5.71. The van der Waals surface area contributed by atoms with Crippen molar-refractivity contribution in [1.82, 2.24) is 5.32 Å². The Labute approximate surface area is 101 Å². The topological polar surface area (TPSA) is 65.3 Å². The van der Waals surface area contributed by atoms with Gasteiger partial charge in [-0.15, -0.1) is 0 Å². The highest BCUT2D eigenvalue weighted by Gasteiger charge is 2.26. The third-order valence-electron chi connectivity index (χ3n) is 3.10. The number of rotatable bonds is 4. The standard InChI is InChI=1S/C13H16N2O2/c1-17-13-3-2-9(7-14)4-10(13)8-15-11-5-12(16)6-11/h2-4,11-12,15-16H,5-6,8H2,1H3. The Kier molecular flexibility index (Phi) is 3.62. The molecule has 90 valence electrons. The monoisotopic (exact) mass is 232 g/mol. The Balaban J connectivity index is 2.00. The molecule has 0 unspecified atom stereocenters. The van der Waals surface area contributed by atoms with Crippen molar-refractivity contribution in [1.29, 1.82) is 5.26 Å². The van der Waals surface area contributed by atoms with Gasteiger partial charge in [-0.1, -0.05) is 0 Å². The van der Waals surface area contributed by atoms with E-state index >= 15 is 0 Å². The van der Waals surface area contributed by atoms with E-state index in [1.807, 2.05) is 12.1 Å². The molecule has 0 heterocycles. The predicted molar refractivity (Wildman–Crippen MR) is 63.6 cm³/mol. The van der Waals surface area contributed by atoms with Gasteiger partial charge in [0, 0.05) is 18.2 Å². The number of ether oxygens (including phenoxy) is 1. The van der Waals surface area contributed by atoms with E-state index in [0.717, 1.165) is 24.2 Å². The summed E-state index contributed by atoms with van der Waals surface area (Å²) in [4.78, 5) is 0. The van der Waals surface area contributed by atoms with Gasteiger partial charge in [-0.25, -0.2) is 0 Å². The van der Waals surface area contributed by atoms with E-state index in [9.17, 15) is 5.11 Å². The van der Waals surface area contributed by atoms with Crippen LogP contribution >= 0.6 is 0 Å². The van der Waals surface area contributed by atoms with Crippen molar-refractivity contribution in [2.75, 3.05) is 7.11 Å². The molecule has 2 rings (SSSR count). The van der Waals surface area contributed by atoms with Gasteiger partial charge in [0.05, 0.1) is 24.8 Å². The van der Waals surface area contributed by atoms with Crippen molar-refractivity contribution in [2.24, 2.45) is 0 Å². The molecular formula is C13H16N2O2. The van der Waals surface area contributed by atoms with Crippen LogP contribution in [-0.4, -0.2) is 24.4 Å². The normalized spacial score (nSPS) is 22.6.